The van der Waals surface area contributed by atoms with Crippen LogP contribution in [0.15, 0.2) is 0 Å². The maximum atomic E-state index is 3.75. The van der Waals surface area contributed by atoms with E-state index in [9.17, 15) is 0 Å². The first-order chi connectivity index (χ1) is 9.02. The summed E-state index contributed by atoms with van der Waals surface area (Å²) in [6.45, 7) is 14.4. The second-order valence-electron chi connectivity index (χ2n) is 7.45. The van der Waals surface area contributed by atoms with Crippen LogP contribution in [0, 0.1) is 17.8 Å². The fraction of sp³-hybridized carbons (Fsp3) is 1.00. The maximum Gasteiger partial charge on any atom is 0.0198 e. The van der Waals surface area contributed by atoms with Crippen LogP contribution in [-0.2, 0) is 0 Å². The summed E-state index contributed by atoms with van der Waals surface area (Å²) in [7, 11) is 0. The highest BCUT2D eigenvalue weighted by Crippen LogP contribution is 2.38. The van der Waals surface area contributed by atoms with E-state index in [0.717, 1.165) is 23.8 Å². The summed E-state index contributed by atoms with van der Waals surface area (Å²) in [5.41, 5.74) is 0. The SMILES string of the molecule is CCC1CCC(N2CC(CC(C)C)NCC2C)C1C. The van der Waals surface area contributed by atoms with Crippen molar-refractivity contribution in [1.29, 1.82) is 0 Å². The molecule has 5 atom stereocenters. The van der Waals surface area contributed by atoms with Crippen LogP contribution in [0.5, 0.6) is 0 Å². The van der Waals surface area contributed by atoms with E-state index in [1.54, 1.807) is 0 Å². The van der Waals surface area contributed by atoms with Gasteiger partial charge in [0.15, 0.2) is 0 Å². The second kappa shape index (κ2) is 6.58. The minimum atomic E-state index is 0.712. The monoisotopic (exact) mass is 266 g/mol. The molecule has 2 heteroatoms. The van der Waals surface area contributed by atoms with E-state index < -0.39 is 0 Å². The topological polar surface area (TPSA) is 15.3 Å². The molecule has 0 aromatic rings. The molecule has 0 spiro atoms. The standard InChI is InChI=1S/C17H34N2/c1-6-15-7-8-17(14(15)5)19-11-16(9-12(2)3)18-10-13(19)4/h12-18H,6-11H2,1-5H3. The molecule has 1 saturated heterocycles. The van der Waals surface area contributed by atoms with Gasteiger partial charge in [0.1, 0.15) is 0 Å². The van der Waals surface area contributed by atoms with Gasteiger partial charge >= 0.3 is 0 Å². The lowest BCUT2D eigenvalue weighted by Crippen LogP contribution is -2.59. The summed E-state index contributed by atoms with van der Waals surface area (Å²) in [6.07, 6.45) is 5.57. The predicted molar refractivity (Wildman–Crippen MR) is 83.4 cm³/mol. The van der Waals surface area contributed by atoms with Gasteiger partial charge in [-0.05, 0) is 43.9 Å². The Balaban J connectivity index is 1.97. The van der Waals surface area contributed by atoms with Crippen molar-refractivity contribution in [1.82, 2.24) is 10.2 Å². The van der Waals surface area contributed by atoms with Crippen LogP contribution in [0.25, 0.3) is 0 Å². The Kier molecular flexibility index (Phi) is 5.30. The number of hydrogen-bond donors (Lipinski definition) is 1. The Morgan fingerprint density at radius 1 is 1.21 bits per heavy atom. The van der Waals surface area contributed by atoms with Crippen LogP contribution in [0.4, 0.5) is 0 Å². The Bertz CT molecular complexity index is 276. The molecule has 2 fully saturated rings. The van der Waals surface area contributed by atoms with Gasteiger partial charge in [-0.1, -0.05) is 34.1 Å². The number of rotatable bonds is 4. The van der Waals surface area contributed by atoms with Crippen molar-refractivity contribution >= 4 is 0 Å². The van der Waals surface area contributed by atoms with Gasteiger partial charge in [-0.25, -0.2) is 0 Å². The Morgan fingerprint density at radius 2 is 1.95 bits per heavy atom. The molecule has 1 saturated carbocycles. The highest BCUT2D eigenvalue weighted by atomic mass is 15.3. The molecule has 5 unspecified atom stereocenters. The van der Waals surface area contributed by atoms with Crippen LogP contribution in [0.2, 0.25) is 0 Å². The van der Waals surface area contributed by atoms with E-state index in [1.807, 2.05) is 0 Å². The van der Waals surface area contributed by atoms with Crippen molar-refractivity contribution in [3.63, 3.8) is 0 Å². The third-order valence-electron chi connectivity index (χ3n) is 5.59. The first kappa shape index (κ1) is 15.3. The molecule has 112 valence electrons. The van der Waals surface area contributed by atoms with Crippen molar-refractivity contribution in [2.45, 2.75) is 78.4 Å². The maximum absolute atomic E-state index is 3.75. The van der Waals surface area contributed by atoms with Gasteiger partial charge in [0, 0.05) is 31.2 Å². The first-order valence-electron chi connectivity index (χ1n) is 8.52. The average Bonchev–Trinajstić information content (AvgIpc) is 2.72. The van der Waals surface area contributed by atoms with Gasteiger partial charge in [-0.3, -0.25) is 4.90 Å². The molecule has 1 aliphatic carbocycles. The van der Waals surface area contributed by atoms with Crippen LogP contribution >= 0.6 is 0 Å². The normalized spacial score (nSPS) is 41.1. The molecule has 2 rings (SSSR count). The molecule has 0 amide bonds. The molecule has 0 aromatic heterocycles. The quantitative estimate of drug-likeness (QED) is 0.837. The fourth-order valence-corrected chi connectivity index (χ4v) is 4.41. The van der Waals surface area contributed by atoms with Crippen LogP contribution in [-0.4, -0.2) is 36.1 Å². The van der Waals surface area contributed by atoms with Gasteiger partial charge in [0.25, 0.3) is 0 Å². The summed E-state index contributed by atoms with van der Waals surface area (Å²) in [5, 5.41) is 3.75. The Hall–Kier alpha value is -0.0800. The van der Waals surface area contributed by atoms with Crippen LogP contribution < -0.4 is 5.32 Å². The van der Waals surface area contributed by atoms with Gasteiger partial charge in [-0.15, -0.1) is 0 Å². The molecule has 0 aromatic carbocycles. The molecular formula is C17H34N2. The minimum absolute atomic E-state index is 0.712. The molecule has 2 nitrogen and oxygen atoms in total. The summed E-state index contributed by atoms with van der Waals surface area (Å²) in [6, 6.07) is 2.27. The van der Waals surface area contributed by atoms with E-state index in [1.165, 1.54) is 38.8 Å². The van der Waals surface area contributed by atoms with E-state index in [4.69, 9.17) is 0 Å². The predicted octanol–water partition coefficient (Wildman–Crippen LogP) is 3.52. The molecule has 0 radical (unpaired) electrons. The molecule has 1 N–H and O–H groups in total. The minimum Gasteiger partial charge on any atom is -0.311 e. The molecule has 19 heavy (non-hydrogen) atoms. The van der Waals surface area contributed by atoms with Crippen molar-refractivity contribution < 1.29 is 0 Å². The molecular weight excluding hydrogens is 232 g/mol. The van der Waals surface area contributed by atoms with Crippen molar-refractivity contribution in [3.05, 3.63) is 0 Å². The fourth-order valence-electron chi connectivity index (χ4n) is 4.41. The van der Waals surface area contributed by atoms with Crippen molar-refractivity contribution in [2.75, 3.05) is 13.1 Å². The number of nitrogens with zero attached hydrogens (tertiary/aromatic N) is 1. The third-order valence-corrected chi connectivity index (χ3v) is 5.59. The number of piperazine rings is 1. The largest absolute Gasteiger partial charge is 0.311 e. The number of nitrogens with one attached hydrogen (secondary N) is 1. The molecule has 0 bridgehead atoms. The zero-order valence-electron chi connectivity index (χ0n) is 13.7. The van der Waals surface area contributed by atoms with Gasteiger partial charge in [0.2, 0.25) is 0 Å². The highest BCUT2D eigenvalue weighted by Gasteiger charge is 2.39. The summed E-state index contributed by atoms with van der Waals surface area (Å²) >= 11 is 0. The van der Waals surface area contributed by atoms with Gasteiger partial charge in [-0.2, -0.15) is 0 Å². The van der Waals surface area contributed by atoms with E-state index >= 15 is 0 Å². The van der Waals surface area contributed by atoms with Gasteiger partial charge < -0.3 is 5.32 Å². The first-order valence-corrected chi connectivity index (χ1v) is 8.52. The highest BCUT2D eigenvalue weighted by molar-refractivity contribution is 4.94. The summed E-state index contributed by atoms with van der Waals surface area (Å²) in [4.78, 5) is 2.84. The lowest BCUT2D eigenvalue weighted by atomic mass is 9.91. The number of hydrogen-bond acceptors (Lipinski definition) is 2. The van der Waals surface area contributed by atoms with Crippen LogP contribution in [0.3, 0.4) is 0 Å². The summed E-state index contributed by atoms with van der Waals surface area (Å²) < 4.78 is 0. The van der Waals surface area contributed by atoms with E-state index in [-0.39, 0.29) is 0 Å². The zero-order valence-corrected chi connectivity index (χ0v) is 13.7. The smallest absolute Gasteiger partial charge is 0.0198 e. The summed E-state index contributed by atoms with van der Waals surface area (Å²) in [5.74, 6) is 2.66. The van der Waals surface area contributed by atoms with Crippen LogP contribution in [0.1, 0.15) is 60.3 Å². The van der Waals surface area contributed by atoms with E-state index in [0.29, 0.717) is 12.1 Å². The van der Waals surface area contributed by atoms with Crippen molar-refractivity contribution in [2.24, 2.45) is 17.8 Å². The average molecular weight is 266 g/mol. The van der Waals surface area contributed by atoms with Crippen molar-refractivity contribution in [3.8, 4) is 0 Å². The molecule has 2 aliphatic rings. The molecule has 1 heterocycles. The van der Waals surface area contributed by atoms with Gasteiger partial charge in [0.05, 0.1) is 0 Å². The Labute approximate surface area is 120 Å². The Morgan fingerprint density at radius 3 is 2.53 bits per heavy atom. The third kappa shape index (κ3) is 3.52. The zero-order chi connectivity index (χ0) is 14.0. The van der Waals surface area contributed by atoms with E-state index in [2.05, 4.69) is 44.8 Å². The second-order valence-corrected chi connectivity index (χ2v) is 7.45. The lowest BCUT2D eigenvalue weighted by molar-refractivity contribution is 0.0635. The lowest BCUT2D eigenvalue weighted by Gasteiger charge is -2.44. The molecule has 1 aliphatic heterocycles.